The Balaban J connectivity index is 1.93. The number of hydrogen-bond donors (Lipinski definition) is 2. The SMILES string of the molecule is CC(C)C[C@H]1C(=O)OC[C@]1(O)C(=O)NOCc1ccccc1. The summed E-state index contributed by atoms with van der Waals surface area (Å²) in [6.07, 6.45) is 0.376. The first-order valence-electron chi connectivity index (χ1n) is 7.28. The smallest absolute Gasteiger partial charge is 0.312 e. The maximum atomic E-state index is 12.2. The Bertz CT molecular complexity index is 531. The van der Waals surface area contributed by atoms with E-state index in [1.165, 1.54) is 0 Å². The van der Waals surface area contributed by atoms with Crippen molar-refractivity contribution in [2.24, 2.45) is 11.8 Å². The zero-order valence-corrected chi connectivity index (χ0v) is 12.7. The second-order valence-corrected chi connectivity index (χ2v) is 5.92. The average molecular weight is 307 g/mol. The van der Waals surface area contributed by atoms with Crippen molar-refractivity contribution in [1.82, 2.24) is 5.48 Å². The van der Waals surface area contributed by atoms with E-state index in [2.05, 4.69) is 5.48 Å². The first-order valence-corrected chi connectivity index (χ1v) is 7.28. The number of hydroxylamine groups is 1. The van der Waals surface area contributed by atoms with Gasteiger partial charge in [0.1, 0.15) is 6.61 Å². The van der Waals surface area contributed by atoms with E-state index < -0.39 is 23.4 Å². The molecule has 1 heterocycles. The van der Waals surface area contributed by atoms with Crippen LogP contribution in [0.3, 0.4) is 0 Å². The second kappa shape index (κ2) is 6.89. The fourth-order valence-electron chi connectivity index (χ4n) is 2.41. The van der Waals surface area contributed by atoms with Gasteiger partial charge in [-0.3, -0.25) is 14.4 Å². The first-order chi connectivity index (χ1) is 10.4. The standard InChI is InChI=1S/C16H21NO5/c1-11(2)8-13-14(18)21-10-16(13,20)15(19)17-22-9-12-6-4-3-5-7-12/h3-7,11,13,20H,8-10H2,1-2H3,(H,17,19)/t13-,16+/m0/s1. The number of nitrogens with one attached hydrogen (secondary N) is 1. The van der Waals surface area contributed by atoms with Crippen LogP contribution >= 0.6 is 0 Å². The van der Waals surface area contributed by atoms with Crippen LogP contribution in [0.2, 0.25) is 0 Å². The molecule has 120 valence electrons. The lowest BCUT2D eigenvalue weighted by Crippen LogP contribution is -2.52. The number of ether oxygens (including phenoxy) is 1. The highest BCUT2D eigenvalue weighted by Gasteiger charge is 2.54. The Morgan fingerprint density at radius 2 is 2.14 bits per heavy atom. The van der Waals surface area contributed by atoms with E-state index in [1.54, 1.807) is 0 Å². The van der Waals surface area contributed by atoms with E-state index in [0.717, 1.165) is 5.56 Å². The van der Waals surface area contributed by atoms with Crippen LogP contribution in [0, 0.1) is 11.8 Å². The van der Waals surface area contributed by atoms with Crippen LogP contribution in [0.15, 0.2) is 30.3 Å². The van der Waals surface area contributed by atoms with Crippen LogP contribution in [0.4, 0.5) is 0 Å². The average Bonchev–Trinajstić information content (AvgIpc) is 2.77. The first kappa shape index (κ1) is 16.5. The van der Waals surface area contributed by atoms with Gasteiger partial charge in [-0.25, -0.2) is 5.48 Å². The summed E-state index contributed by atoms with van der Waals surface area (Å²) in [4.78, 5) is 29.0. The fourth-order valence-corrected chi connectivity index (χ4v) is 2.41. The minimum absolute atomic E-state index is 0.153. The molecule has 0 aliphatic carbocycles. The molecule has 0 aromatic heterocycles. The molecule has 1 aromatic rings. The topological polar surface area (TPSA) is 84.9 Å². The van der Waals surface area contributed by atoms with E-state index in [0.29, 0.717) is 6.42 Å². The molecule has 0 bridgehead atoms. The molecule has 1 saturated heterocycles. The fraction of sp³-hybridized carbons (Fsp3) is 0.500. The van der Waals surface area contributed by atoms with Gasteiger partial charge < -0.3 is 9.84 Å². The minimum Gasteiger partial charge on any atom is -0.462 e. The molecule has 2 atom stereocenters. The number of carbonyl (C=O) groups is 2. The van der Waals surface area contributed by atoms with E-state index in [4.69, 9.17) is 9.57 Å². The Morgan fingerprint density at radius 3 is 2.77 bits per heavy atom. The van der Waals surface area contributed by atoms with Gasteiger partial charge >= 0.3 is 5.97 Å². The molecule has 2 rings (SSSR count). The molecule has 1 aliphatic heterocycles. The molecule has 0 spiro atoms. The van der Waals surface area contributed by atoms with Crippen molar-refractivity contribution in [1.29, 1.82) is 0 Å². The molecule has 1 amide bonds. The van der Waals surface area contributed by atoms with Gasteiger partial charge in [-0.1, -0.05) is 44.2 Å². The van der Waals surface area contributed by atoms with Crippen LogP contribution in [0.25, 0.3) is 0 Å². The quantitative estimate of drug-likeness (QED) is 0.609. The van der Waals surface area contributed by atoms with Gasteiger partial charge in [-0.15, -0.1) is 0 Å². The molecule has 1 aliphatic rings. The zero-order valence-electron chi connectivity index (χ0n) is 12.7. The Hall–Kier alpha value is -1.92. The Kier molecular flexibility index (Phi) is 5.15. The predicted octanol–water partition coefficient (Wildman–Crippen LogP) is 1.18. The van der Waals surface area contributed by atoms with Crippen molar-refractivity contribution in [3.63, 3.8) is 0 Å². The normalized spacial score (nSPS) is 24.4. The van der Waals surface area contributed by atoms with Crippen LogP contribution in [-0.2, 0) is 25.8 Å². The highest BCUT2D eigenvalue weighted by atomic mass is 16.7. The molecule has 1 fully saturated rings. The number of cyclic esters (lactones) is 1. The summed E-state index contributed by atoms with van der Waals surface area (Å²) < 4.78 is 4.86. The summed E-state index contributed by atoms with van der Waals surface area (Å²) in [5.41, 5.74) is 1.22. The lowest BCUT2D eigenvalue weighted by molar-refractivity contribution is -0.158. The third-order valence-corrected chi connectivity index (χ3v) is 3.64. The highest BCUT2D eigenvalue weighted by molar-refractivity contribution is 5.93. The summed E-state index contributed by atoms with van der Waals surface area (Å²) in [7, 11) is 0. The highest BCUT2D eigenvalue weighted by Crippen LogP contribution is 2.32. The van der Waals surface area contributed by atoms with E-state index >= 15 is 0 Å². The molecule has 0 radical (unpaired) electrons. The van der Waals surface area contributed by atoms with Crippen molar-refractivity contribution in [3.8, 4) is 0 Å². The largest absolute Gasteiger partial charge is 0.462 e. The van der Waals surface area contributed by atoms with E-state index in [9.17, 15) is 14.7 Å². The molecule has 6 heteroatoms. The van der Waals surface area contributed by atoms with Crippen molar-refractivity contribution in [2.45, 2.75) is 32.5 Å². The van der Waals surface area contributed by atoms with E-state index in [-0.39, 0.29) is 19.1 Å². The molecule has 2 N–H and O–H groups in total. The third kappa shape index (κ3) is 3.64. The maximum Gasteiger partial charge on any atom is 0.312 e. The summed E-state index contributed by atoms with van der Waals surface area (Å²) >= 11 is 0. The third-order valence-electron chi connectivity index (χ3n) is 3.64. The van der Waals surface area contributed by atoms with Crippen LogP contribution in [0.5, 0.6) is 0 Å². The molecule has 22 heavy (non-hydrogen) atoms. The van der Waals surface area contributed by atoms with Gasteiger partial charge in [0.05, 0.1) is 12.5 Å². The second-order valence-electron chi connectivity index (χ2n) is 5.92. The van der Waals surface area contributed by atoms with Gasteiger partial charge in [0.2, 0.25) is 0 Å². The Labute approximate surface area is 129 Å². The summed E-state index contributed by atoms with van der Waals surface area (Å²) in [5.74, 6) is -2.01. The number of esters is 1. The number of hydrogen-bond acceptors (Lipinski definition) is 5. The van der Waals surface area contributed by atoms with Crippen LogP contribution < -0.4 is 5.48 Å². The maximum absolute atomic E-state index is 12.2. The summed E-state index contributed by atoms with van der Waals surface area (Å²) in [5, 5.41) is 10.5. The molecule has 1 aromatic carbocycles. The molecule has 0 saturated carbocycles. The van der Waals surface area contributed by atoms with Crippen molar-refractivity contribution in [2.75, 3.05) is 6.61 Å². The van der Waals surface area contributed by atoms with Gasteiger partial charge in [0.25, 0.3) is 5.91 Å². The number of rotatable bonds is 6. The van der Waals surface area contributed by atoms with Crippen molar-refractivity contribution in [3.05, 3.63) is 35.9 Å². The van der Waals surface area contributed by atoms with Gasteiger partial charge in [-0.2, -0.15) is 0 Å². The Morgan fingerprint density at radius 1 is 1.45 bits per heavy atom. The van der Waals surface area contributed by atoms with Crippen molar-refractivity contribution >= 4 is 11.9 Å². The molecule has 6 nitrogen and oxygen atoms in total. The summed E-state index contributed by atoms with van der Waals surface area (Å²) in [6.45, 7) is 3.65. The lowest BCUT2D eigenvalue weighted by Gasteiger charge is -2.25. The molecular weight excluding hydrogens is 286 g/mol. The molecular formula is C16H21NO5. The van der Waals surface area contributed by atoms with E-state index in [1.807, 2.05) is 44.2 Å². The number of carbonyl (C=O) groups excluding carboxylic acids is 2. The summed E-state index contributed by atoms with van der Waals surface area (Å²) in [6, 6.07) is 9.30. The predicted molar refractivity (Wildman–Crippen MR) is 78.2 cm³/mol. The number of benzene rings is 1. The molecule has 0 unspecified atom stereocenters. The monoisotopic (exact) mass is 307 g/mol. The van der Waals surface area contributed by atoms with Crippen LogP contribution in [-0.4, -0.2) is 29.2 Å². The van der Waals surface area contributed by atoms with Gasteiger partial charge in [0, 0.05) is 0 Å². The van der Waals surface area contributed by atoms with Crippen molar-refractivity contribution < 1.29 is 24.3 Å². The van der Waals surface area contributed by atoms with Gasteiger partial charge in [-0.05, 0) is 17.9 Å². The van der Waals surface area contributed by atoms with Gasteiger partial charge in [0.15, 0.2) is 5.60 Å². The van der Waals surface area contributed by atoms with Crippen LogP contribution in [0.1, 0.15) is 25.8 Å². The zero-order chi connectivity index (χ0) is 16.2. The number of amides is 1. The number of aliphatic hydroxyl groups is 1. The minimum atomic E-state index is -1.88. The lowest BCUT2D eigenvalue weighted by atomic mass is 9.83.